The third kappa shape index (κ3) is 9.57. The van der Waals surface area contributed by atoms with Crippen molar-refractivity contribution in [3.63, 3.8) is 0 Å². The molecule has 0 saturated carbocycles. The molecule has 2 aromatic carbocycles. The molecule has 2 aromatic rings. The van der Waals surface area contributed by atoms with Crippen LogP contribution in [0.5, 0.6) is 0 Å². The Morgan fingerprint density at radius 2 is 1.58 bits per heavy atom. The number of allylic oxidation sites excluding steroid dienone is 1. The average molecular weight is 667 g/mol. The van der Waals surface area contributed by atoms with E-state index in [1.807, 2.05) is 0 Å². The van der Waals surface area contributed by atoms with Crippen LogP contribution < -0.4 is 0 Å². The van der Waals surface area contributed by atoms with Gasteiger partial charge in [0.25, 0.3) is 5.92 Å². The van der Waals surface area contributed by atoms with Crippen LogP contribution in [0.25, 0.3) is 5.83 Å². The number of benzene rings is 2. The van der Waals surface area contributed by atoms with Gasteiger partial charge in [0.1, 0.15) is 11.6 Å². The molecule has 0 aliphatic heterocycles. The van der Waals surface area contributed by atoms with Crippen LogP contribution in [0.15, 0.2) is 40.9 Å². The molecule has 0 aliphatic rings. The van der Waals surface area contributed by atoms with Crippen molar-refractivity contribution in [1.29, 1.82) is 0 Å². The Morgan fingerprint density at radius 3 is 2.08 bits per heavy atom. The summed E-state index contributed by atoms with van der Waals surface area (Å²) >= 11 is 21.0. The van der Waals surface area contributed by atoms with Gasteiger partial charge in [0.15, 0.2) is 5.78 Å². The van der Waals surface area contributed by atoms with Gasteiger partial charge in [-0.2, -0.15) is 13.2 Å². The summed E-state index contributed by atoms with van der Waals surface area (Å²) in [5.41, 5.74) is -0.00864. The maximum Gasteiger partial charge on any atom is 0.389 e. The second kappa shape index (κ2) is 13.2. The zero-order valence-electron chi connectivity index (χ0n) is 20.0. The number of hydrogen-bond donors (Lipinski definition) is 0. The topological polar surface area (TPSA) is 34.1 Å². The van der Waals surface area contributed by atoms with Crippen molar-refractivity contribution in [2.45, 2.75) is 57.5 Å². The van der Waals surface area contributed by atoms with Gasteiger partial charge in [-0.15, -0.1) is 0 Å². The van der Waals surface area contributed by atoms with Crippen molar-refractivity contribution in [3.8, 4) is 0 Å². The molecule has 0 amide bonds. The van der Waals surface area contributed by atoms with Gasteiger partial charge in [0.05, 0.1) is 27.4 Å². The molecule has 2 rings (SSSR count). The third-order valence-corrected chi connectivity index (χ3v) is 7.42. The number of alkyl halides is 5. The predicted molar refractivity (Wildman–Crippen MR) is 141 cm³/mol. The van der Waals surface area contributed by atoms with Crippen LogP contribution >= 0.6 is 50.7 Å². The van der Waals surface area contributed by atoms with Crippen LogP contribution in [0.3, 0.4) is 0 Å². The average Bonchev–Trinajstić information content (AvgIpc) is 2.77. The lowest BCUT2D eigenvalue weighted by Gasteiger charge is -2.22. The van der Waals surface area contributed by atoms with Crippen molar-refractivity contribution in [2.24, 2.45) is 5.92 Å². The van der Waals surface area contributed by atoms with Crippen molar-refractivity contribution in [2.75, 3.05) is 0 Å². The summed E-state index contributed by atoms with van der Waals surface area (Å²) in [6.45, 7) is 2.18. The van der Waals surface area contributed by atoms with Gasteiger partial charge in [-0.05, 0) is 41.8 Å². The summed E-state index contributed by atoms with van der Waals surface area (Å²) in [6.07, 6.45) is -5.92. The highest BCUT2D eigenvalue weighted by Gasteiger charge is 2.35. The third-order valence-electron chi connectivity index (χ3n) is 5.57. The number of ketones is 2. The van der Waals surface area contributed by atoms with Gasteiger partial charge < -0.3 is 0 Å². The van der Waals surface area contributed by atoms with Gasteiger partial charge in [-0.1, -0.05) is 63.7 Å². The highest BCUT2D eigenvalue weighted by Crippen LogP contribution is 2.41. The fourth-order valence-corrected chi connectivity index (χ4v) is 4.91. The Bertz CT molecular complexity index is 1200. The SMILES string of the molecule is C[C@H](CC(=O)CCC(F)(F)F)CC(=O)c1ccc(/C(F)=C/C(c2cc(Cl)c(Cl)c(Cl)c2)C(C)(F)F)cc1Br. The summed E-state index contributed by atoms with van der Waals surface area (Å²) in [5.74, 6) is -7.69. The van der Waals surface area contributed by atoms with E-state index >= 15 is 4.39 Å². The normalized spacial score (nSPS) is 14.4. The largest absolute Gasteiger partial charge is 0.389 e. The molecule has 0 radical (unpaired) electrons. The van der Waals surface area contributed by atoms with Crippen molar-refractivity contribution in [1.82, 2.24) is 0 Å². The molecule has 0 saturated heterocycles. The minimum atomic E-state index is -4.44. The molecule has 12 heteroatoms. The van der Waals surface area contributed by atoms with Crippen LogP contribution in [0, 0.1) is 5.92 Å². The first-order chi connectivity index (χ1) is 17.4. The van der Waals surface area contributed by atoms with Crippen LogP contribution in [-0.4, -0.2) is 23.7 Å². The second-order valence-electron chi connectivity index (χ2n) is 9.03. The van der Waals surface area contributed by atoms with E-state index in [0.717, 1.165) is 0 Å². The summed E-state index contributed by atoms with van der Waals surface area (Å²) in [5, 5.41) is -0.165. The van der Waals surface area contributed by atoms with Gasteiger partial charge >= 0.3 is 6.18 Å². The van der Waals surface area contributed by atoms with Crippen LogP contribution in [0.1, 0.15) is 66.9 Å². The number of hydrogen-bond acceptors (Lipinski definition) is 2. The van der Waals surface area contributed by atoms with E-state index in [1.165, 1.54) is 30.3 Å². The standard InChI is InChI=1S/C26H22BrCl3F6O2/c1-13(7-16(37)5-6-26(34,35)36)8-23(38)17-4-3-14(9-19(17)27)22(31)12-18(25(2,32)33)15-10-20(28)24(30)21(29)11-15/h3-4,9-13,18H,5-8H2,1-2H3/b22-12-/t13-,18?/m1/s1. The van der Waals surface area contributed by atoms with Crippen molar-refractivity contribution >= 4 is 68.1 Å². The summed E-state index contributed by atoms with van der Waals surface area (Å²) < 4.78 is 81.0. The molecule has 0 aliphatic carbocycles. The van der Waals surface area contributed by atoms with Crippen LogP contribution in [-0.2, 0) is 4.79 Å². The lowest BCUT2D eigenvalue weighted by molar-refractivity contribution is -0.143. The number of rotatable bonds is 11. The van der Waals surface area contributed by atoms with Crippen LogP contribution in [0.2, 0.25) is 15.1 Å². The second-order valence-corrected chi connectivity index (χ2v) is 11.1. The Balaban J connectivity index is 2.21. The lowest BCUT2D eigenvalue weighted by Crippen LogP contribution is -2.21. The quantitative estimate of drug-likeness (QED) is 0.136. The molecular formula is C26H22BrCl3F6O2. The minimum Gasteiger partial charge on any atom is -0.300 e. The Labute approximate surface area is 239 Å². The number of carbonyl (C=O) groups is 2. The molecular weight excluding hydrogens is 645 g/mol. The smallest absolute Gasteiger partial charge is 0.300 e. The highest BCUT2D eigenvalue weighted by atomic mass is 79.9. The Morgan fingerprint density at radius 1 is 1.00 bits per heavy atom. The molecule has 0 spiro atoms. The molecule has 0 bridgehead atoms. The monoisotopic (exact) mass is 664 g/mol. The molecule has 208 valence electrons. The van der Waals surface area contributed by atoms with Gasteiger partial charge in [0, 0.05) is 41.8 Å². The molecule has 0 aromatic heterocycles. The van der Waals surface area contributed by atoms with Crippen molar-refractivity contribution < 1.29 is 35.9 Å². The first kappa shape index (κ1) is 32.7. The van der Waals surface area contributed by atoms with Gasteiger partial charge in [-0.3, -0.25) is 9.59 Å². The summed E-state index contributed by atoms with van der Waals surface area (Å²) in [6, 6.07) is 6.12. The van der Waals surface area contributed by atoms with E-state index < -0.39 is 54.2 Å². The molecule has 2 nitrogen and oxygen atoms in total. The maximum absolute atomic E-state index is 15.1. The first-order valence-electron chi connectivity index (χ1n) is 11.2. The minimum absolute atomic E-state index is 0.0242. The summed E-state index contributed by atoms with van der Waals surface area (Å²) in [4.78, 5) is 24.5. The van der Waals surface area contributed by atoms with E-state index in [1.54, 1.807) is 6.92 Å². The molecule has 2 atom stereocenters. The zero-order chi connectivity index (χ0) is 29.0. The Hall–Kier alpha value is -1.55. The number of Topliss-reactive ketones (excluding diaryl/α,β-unsaturated/α-hetero) is 2. The summed E-state index contributed by atoms with van der Waals surface area (Å²) in [7, 11) is 0. The van der Waals surface area contributed by atoms with Crippen molar-refractivity contribution in [3.05, 3.63) is 72.6 Å². The van der Waals surface area contributed by atoms with Crippen LogP contribution in [0.4, 0.5) is 26.3 Å². The van der Waals surface area contributed by atoms with E-state index in [-0.39, 0.29) is 49.1 Å². The van der Waals surface area contributed by atoms with Gasteiger partial charge in [0.2, 0.25) is 0 Å². The molecule has 0 N–H and O–H groups in total. The Kier molecular flexibility index (Phi) is 11.3. The van der Waals surface area contributed by atoms with E-state index in [9.17, 15) is 31.5 Å². The molecule has 0 fully saturated rings. The first-order valence-corrected chi connectivity index (χ1v) is 13.1. The lowest BCUT2D eigenvalue weighted by atomic mass is 9.91. The molecule has 38 heavy (non-hydrogen) atoms. The number of carbonyl (C=O) groups excluding carboxylic acids is 2. The van der Waals surface area contributed by atoms with E-state index in [4.69, 9.17) is 34.8 Å². The fraction of sp³-hybridized carbons (Fsp3) is 0.385. The molecule has 1 unspecified atom stereocenters. The maximum atomic E-state index is 15.1. The number of halogens is 10. The fourth-order valence-electron chi connectivity index (χ4n) is 3.69. The predicted octanol–water partition coefficient (Wildman–Crippen LogP) is 10.7. The highest BCUT2D eigenvalue weighted by molar-refractivity contribution is 9.10. The van der Waals surface area contributed by atoms with E-state index in [2.05, 4.69) is 15.9 Å². The zero-order valence-corrected chi connectivity index (χ0v) is 23.9. The van der Waals surface area contributed by atoms with Gasteiger partial charge in [-0.25, -0.2) is 13.2 Å². The molecule has 0 heterocycles. The van der Waals surface area contributed by atoms with E-state index in [0.29, 0.717) is 13.0 Å².